The van der Waals surface area contributed by atoms with Gasteiger partial charge in [-0.05, 0) is 31.3 Å². The molecule has 0 bridgehead atoms. The lowest BCUT2D eigenvalue weighted by Gasteiger charge is -2.20. The van der Waals surface area contributed by atoms with Crippen molar-refractivity contribution in [2.24, 2.45) is 0 Å². The molecule has 3 amide bonds. The molecule has 0 unspecified atom stereocenters. The first-order chi connectivity index (χ1) is 14.4. The summed E-state index contributed by atoms with van der Waals surface area (Å²) in [6.07, 6.45) is 1.71. The highest BCUT2D eigenvalue weighted by molar-refractivity contribution is 7.10. The molecule has 0 saturated carbocycles. The average molecular weight is 424 g/mol. The first-order valence-corrected chi connectivity index (χ1v) is 10.1. The number of urea groups is 1. The van der Waals surface area contributed by atoms with Crippen LogP contribution in [0.5, 0.6) is 11.6 Å². The van der Waals surface area contributed by atoms with Gasteiger partial charge in [-0.25, -0.2) is 4.79 Å². The van der Waals surface area contributed by atoms with E-state index in [0.29, 0.717) is 11.1 Å². The number of benzene rings is 1. The molecule has 3 heterocycles. The molecular formula is C21H20N4O4S. The van der Waals surface area contributed by atoms with Gasteiger partial charge >= 0.3 is 6.03 Å². The minimum absolute atomic E-state index is 0.0362. The zero-order valence-corrected chi connectivity index (χ0v) is 17.2. The van der Waals surface area contributed by atoms with Crippen molar-refractivity contribution in [1.82, 2.24) is 20.5 Å². The number of nitrogens with one attached hydrogen (secondary N) is 3. The van der Waals surface area contributed by atoms with Gasteiger partial charge in [0, 0.05) is 39.3 Å². The molecular weight excluding hydrogens is 404 g/mol. The number of methoxy groups -OCH3 is 1. The summed E-state index contributed by atoms with van der Waals surface area (Å²) in [4.78, 5) is 25.7. The van der Waals surface area contributed by atoms with E-state index >= 15 is 0 Å². The first-order valence-electron chi connectivity index (χ1n) is 9.19. The summed E-state index contributed by atoms with van der Waals surface area (Å²) in [5, 5.41) is 21.9. The van der Waals surface area contributed by atoms with Crippen molar-refractivity contribution in [3.63, 3.8) is 0 Å². The molecule has 0 aliphatic carbocycles. The number of aromatic nitrogens is 1. The zero-order valence-electron chi connectivity index (χ0n) is 16.4. The number of nitrogens with zero attached hydrogens (tertiary/aromatic N) is 1. The molecule has 2 aromatic heterocycles. The van der Waals surface area contributed by atoms with Crippen LogP contribution in [0, 0.1) is 11.8 Å². The summed E-state index contributed by atoms with van der Waals surface area (Å²) in [5.74, 6) is 5.93. The third kappa shape index (κ3) is 3.58. The Morgan fingerprint density at radius 2 is 2.17 bits per heavy atom. The molecule has 1 atom stereocenters. The van der Waals surface area contributed by atoms with Gasteiger partial charge in [0.25, 0.3) is 5.91 Å². The summed E-state index contributed by atoms with van der Waals surface area (Å²) in [5.41, 5.74) is -0.746. The van der Waals surface area contributed by atoms with Crippen molar-refractivity contribution in [1.29, 1.82) is 0 Å². The molecule has 1 aromatic carbocycles. The number of fused-ring (bicyclic) bond motifs is 1. The van der Waals surface area contributed by atoms with Gasteiger partial charge in [-0.3, -0.25) is 10.1 Å². The number of carbonyl (C=O) groups excluding carboxylic acids is 2. The highest BCUT2D eigenvalue weighted by Crippen LogP contribution is 2.32. The highest BCUT2D eigenvalue weighted by atomic mass is 32.1. The van der Waals surface area contributed by atoms with Crippen LogP contribution < -0.4 is 20.7 Å². The Bertz CT molecular complexity index is 1200. The zero-order chi connectivity index (χ0) is 21.3. The van der Waals surface area contributed by atoms with E-state index in [-0.39, 0.29) is 12.4 Å². The monoisotopic (exact) mass is 424 g/mol. The molecule has 1 saturated heterocycles. The largest absolute Gasteiger partial charge is 0.497 e. The fourth-order valence-electron chi connectivity index (χ4n) is 3.35. The number of rotatable bonds is 5. The van der Waals surface area contributed by atoms with E-state index in [0.717, 1.165) is 22.4 Å². The number of hydrogen-bond acceptors (Lipinski definition) is 6. The number of ether oxygens (including phenoxy) is 1. The summed E-state index contributed by atoms with van der Waals surface area (Å²) in [6.45, 7) is 0.677. The predicted octanol–water partition coefficient (Wildman–Crippen LogP) is 1.77. The lowest BCUT2D eigenvalue weighted by molar-refractivity contribution is -0.122. The number of thiophene rings is 1. The van der Waals surface area contributed by atoms with Gasteiger partial charge in [0.15, 0.2) is 5.88 Å². The van der Waals surface area contributed by atoms with Crippen LogP contribution in [0.3, 0.4) is 0 Å². The van der Waals surface area contributed by atoms with Gasteiger partial charge < -0.3 is 25.0 Å². The molecule has 1 aliphatic rings. The molecule has 30 heavy (non-hydrogen) atoms. The third-order valence-electron chi connectivity index (χ3n) is 4.84. The van der Waals surface area contributed by atoms with Crippen LogP contribution >= 0.6 is 11.3 Å². The molecule has 0 spiro atoms. The van der Waals surface area contributed by atoms with Crippen LogP contribution in [-0.2, 0) is 17.9 Å². The van der Waals surface area contributed by atoms with Crippen molar-refractivity contribution in [2.45, 2.75) is 18.6 Å². The van der Waals surface area contributed by atoms with Crippen LogP contribution in [0.15, 0.2) is 35.8 Å². The third-order valence-corrected chi connectivity index (χ3v) is 5.78. The van der Waals surface area contributed by atoms with Gasteiger partial charge in [-0.15, -0.1) is 11.3 Å². The predicted molar refractivity (Wildman–Crippen MR) is 114 cm³/mol. The van der Waals surface area contributed by atoms with Gasteiger partial charge in [-0.1, -0.05) is 11.8 Å². The second kappa shape index (κ2) is 7.74. The standard InChI is InChI=1S/C21H20N4O4S/c1-22-9-16-7-13(11-30-16)5-6-21(19(27)23-20(28)24-21)12-25-10-14-3-4-15(29-2)8-17(14)18(25)26/h3-4,7-8,10-11,22,26H,9,12H2,1-2H3,(H2,23,24,27,28)/t21-/m1/s1. The van der Waals surface area contributed by atoms with Crippen LogP contribution in [0.25, 0.3) is 10.8 Å². The molecule has 4 rings (SSSR count). The Balaban J connectivity index is 1.71. The summed E-state index contributed by atoms with van der Waals surface area (Å²) < 4.78 is 6.71. The molecule has 9 heteroatoms. The van der Waals surface area contributed by atoms with Gasteiger partial charge in [0.1, 0.15) is 5.75 Å². The fourth-order valence-corrected chi connectivity index (χ4v) is 4.18. The Morgan fingerprint density at radius 1 is 1.33 bits per heavy atom. The van der Waals surface area contributed by atoms with E-state index in [1.54, 1.807) is 36.8 Å². The second-order valence-corrected chi connectivity index (χ2v) is 7.93. The number of aromatic hydroxyl groups is 1. The SMILES string of the molecule is CNCc1cc(C#C[C@]2(Cn3cc4ccc(OC)cc4c3O)NC(=O)NC2=O)cs1. The summed E-state index contributed by atoms with van der Waals surface area (Å²) in [6, 6.07) is 6.62. The molecule has 154 valence electrons. The molecule has 4 N–H and O–H groups in total. The lowest BCUT2D eigenvalue weighted by Crippen LogP contribution is -2.49. The average Bonchev–Trinajstić information content (AvgIpc) is 3.38. The fraction of sp³-hybridized carbons (Fsp3) is 0.238. The maximum absolute atomic E-state index is 12.6. The van der Waals surface area contributed by atoms with Crippen LogP contribution in [0.1, 0.15) is 10.4 Å². The molecule has 3 aromatic rings. The smallest absolute Gasteiger partial charge is 0.323 e. The maximum atomic E-state index is 12.6. The minimum Gasteiger partial charge on any atom is -0.497 e. The molecule has 1 aliphatic heterocycles. The van der Waals surface area contributed by atoms with Crippen LogP contribution in [0.2, 0.25) is 0 Å². The van der Waals surface area contributed by atoms with Crippen molar-refractivity contribution in [2.75, 3.05) is 14.2 Å². The number of carbonyl (C=O) groups is 2. The van der Waals surface area contributed by atoms with E-state index in [2.05, 4.69) is 27.8 Å². The minimum atomic E-state index is -1.50. The number of hydrogen-bond donors (Lipinski definition) is 4. The van der Waals surface area contributed by atoms with E-state index in [9.17, 15) is 14.7 Å². The van der Waals surface area contributed by atoms with Crippen molar-refractivity contribution in [3.8, 4) is 23.5 Å². The Morgan fingerprint density at radius 3 is 2.87 bits per heavy atom. The lowest BCUT2D eigenvalue weighted by atomic mass is 10.00. The molecule has 1 fully saturated rings. The summed E-state index contributed by atoms with van der Waals surface area (Å²) >= 11 is 1.56. The van der Waals surface area contributed by atoms with Crippen LogP contribution in [0.4, 0.5) is 4.79 Å². The van der Waals surface area contributed by atoms with Gasteiger partial charge in [-0.2, -0.15) is 0 Å². The molecule has 8 nitrogen and oxygen atoms in total. The Labute approximate surface area is 176 Å². The van der Waals surface area contributed by atoms with E-state index in [4.69, 9.17) is 4.74 Å². The van der Waals surface area contributed by atoms with Gasteiger partial charge in [0.2, 0.25) is 5.54 Å². The first kappa shape index (κ1) is 19.8. The number of imide groups is 1. The van der Waals surface area contributed by atoms with E-state index in [1.807, 2.05) is 24.6 Å². The van der Waals surface area contributed by atoms with Crippen LogP contribution in [-0.4, -0.2) is 41.3 Å². The second-order valence-electron chi connectivity index (χ2n) is 6.93. The van der Waals surface area contributed by atoms with Crippen molar-refractivity contribution in [3.05, 3.63) is 46.3 Å². The van der Waals surface area contributed by atoms with E-state index in [1.165, 1.54) is 4.57 Å². The normalized spacial score (nSPS) is 18.1. The highest BCUT2D eigenvalue weighted by Gasteiger charge is 2.46. The Hall–Kier alpha value is -3.48. The van der Waals surface area contributed by atoms with Gasteiger partial charge in [0.05, 0.1) is 13.7 Å². The molecule has 0 radical (unpaired) electrons. The van der Waals surface area contributed by atoms with Crippen molar-refractivity contribution >= 4 is 34.0 Å². The quantitative estimate of drug-likeness (QED) is 0.369. The van der Waals surface area contributed by atoms with E-state index < -0.39 is 17.5 Å². The summed E-state index contributed by atoms with van der Waals surface area (Å²) in [7, 11) is 3.41. The van der Waals surface area contributed by atoms with Crippen molar-refractivity contribution < 1.29 is 19.4 Å². The Kier molecular flexibility index (Phi) is 5.11. The topological polar surface area (TPSA) is 105 Å². The number of amides is 3. The maximum Gasteiger partial charge on any atom is 0.323 e.